The zero-order chi connectivity index (χ0) is 35.8. The highest BCUT2D eigenvalue weighted by atomic mass is 16.4. The monoisotopic (exact) mass is 677 g/mol. The van der Waals surface area contributed by atoms with E-state index in [1.807, 2.05) is 0 Å². The Balaban J connectivity index is 0. The lowest BCUT2D eigenvalue weighted by molar-refractivity contribution is -0.133. The normalized spacial score (nSPS) is 10.9. The number of rotatable bonds is 38. The Bertz CT molecular complexity index is 713. The lowest BCUT2D eigenvalue weighted by Gasteiger charge is -2.04. The van der Waals surface area contributed by atoms with E-state index in [1.165, 1.54) is 193 Å². The van der Waals surface area contributed by atoms with Crippen LogP contribution >= 0.6 is 0 Å². The molecule has 4 heteroatoms. The topological polar surface area (TPSA) is 74.6 Å². The van der Waals surface area contributed by atoms with Crippen LogP contribution in [0.5, 0.6) is 0 Å². The van der Waals surface area contributed by atoms with Gasteiger partial charge in [-0.1, -0.05) is 232 Å². The number of hydrogen-bond acceptors (Lipinski definition) is 2. The number of carboxylic acid groups (broad SMARTS) is 2. The summed E-state index contributed by atoms with van der Waals surface area (Å²) in [5.74, 6) is -1.68. The van der Waals surface area contributed by atoms with Crippen molar-refractivity contribution in [1.82, 2.24) is 0 Å². The van der Waals surface area contributed by atoms with Crippen molar-refractivity contribution in [3.05, 3.63) is 24.3 Å². The molecule has 0 aromatic heterocycles. The molecule has 48 heavy (non-hydrogen) atoms. The van der Waals surface area contributed by atoms with Crippen molar-refractivity contribution >= 4 is 11.9 Å². The van der Waals surface area contributed by atoms with Gasteiger partial charge in [-0.15, -0.1) is 0 Å². The van der Waals surface area contributed by atoms with Crippen molar-refractivity contribution in [2.45, 2.75) is 245 Å². The molecule has 0 aliphatic rings. The first-order valence-corrected chi connectivity index (χ1v) is 21.2. The molecule has 4 nitrogen and oxygen atoms in total. The predicted octanol–water partition coefficient (Wildman–Crippen LogP) is 15.3. The minimum Gasteiger partial charge on any atom is -0.478 e. The molecular weight excluding hydrogens is 592 g/mol. The van der Waals surface area contributed by atoms with Gasteiger partial charge in [0.2, 0.25) is 0 Å². The standard InChI is InChI=1S/C23H44O2.C21H40O2/c1-3-4-5-6-7-8-9-10-11-12-13-14-15-16-17-18-19-20-21-22(2)23(24)25;1-3-4-5-6-7-8-9-10-11-12-13-14-15-16-17-18-19-20(2)21(22)23/h2-21H2,1H3,(H,24,25);2-19H2,1H3,(H,22,23). The maximum Gasteiger partial charge on any atom is 0.330 e. The molecule has 0 spiro atoms. The molecule has 0 radical (unpaired) electrons. The maximum atomic E-state index is 10.6. The van der Waals surface area contributed by atoms with E-state index >= 15 is 0 Å². The summed E-state index contributed by atoms with van der Waals surface area (Å²) in [4.78, 5) is 21.2. The number of carbonyl (C=O) groups is 2. The first kappa shape index (κ1) is 48.5. The highest BCUT2D eigenvalue weighted by Crippen LogP contribution is 2.17. The summed E-state index contributed by atoms with van der Waals surface area (Å²) < 4.78 is 0. The molecule has 0 aliphatic heterocycles. The Labute approximate surface area is 300 Å². The fraction of sp³-hybridized carbons (Fsp3) is 0.864. The summed E-state index contributed by atoms with van der Waals surface area (Å²) in [5, 5.41) is 17.4. The van der Waals surface area contributed by atoms with Gasteiger partial charge in [-0.3, -0.25) is 0 Å². The zero-order valence-corrected chi connectivity index (χ0v) is 32.6. The van der Waals surface area contributed by atoms with Gasteiger partial charge in [0.1, 0.15) is 0 Å². The second-order valence-electron chi connectivity index (χ2n) is 14.6. The van der Waals surface area contributed by atoms with Crippen molar-refractivity contribution in [1.29, 1.82) is 0 Å². The Morgan fingerprint density at radius 1 is 0.312 bits per heavy atom. The molecule has 0 aliphatic carbocycles. The van der Waals surface area contributed by atoms with Gasteiger partial charge < -0.3 is 10.2 Å². The molecule has 284 valence electrons. The Morgan fingerprint density at radius 3 is 0.604 bits per heavy atom. The minimum atomic E-state index is -0.842. The van der Waals surface area contributed by atoms with Crippen molar-refractivity contribution in [2.75, 3.05) is 0 Å². The average molecular weight is 677 g/mol. The molecule has 2 N–H and O–H groups in total. The van der Waals surface area contributed by atoms with Crippen molar-refractivity contribution in [2.24, 2.45) is 0 Å². The third-order valence-corrected chi connectivity index (χ3v) is 9.77. The molecule has 0 saturated carbocycles. The predicted molar refractivity (Wildman–Crippen MR) is 211 cm³/mol. The zero-order valence-electron chi connectivity index (χ0n) is 32.6. The van der Waals surface area contributed by atoms with Crippen LogP contribution in [0, 0.1) is 0 Å². The van der Waals surface area contributed by atoms with Crippen LogP contribution in [0.3, 0.4) is 0 Å². The Morgan fingerprint density at radius 2 is 0.458 bits per heavy atom. The first-order chi connectivity index (χ1) is 23.4. The van der Waals surface area contributed by atoms with E-state index in [2.05, 4.69) is 27.0 Å². The average Bonchev–Trinajstić information content (AvgIpc) is 3.07. The van der Waals surface area contributed by atoms with Crippen LogP contribution < -0.4 is 0 Å². The van der Waals surface area contributed by atoms with E-state index < -0.39 is 11.9 Å². The van der Waals surface area contributed by atoms with Crippen LogP contribution in [0.15, 0.2) is 24.3 Å². The SMILES string of the molecule is C=C(CCCCCCCCCCCCCCCCCC)C(=O)O.C=C(CCCCCCCCCCCCCCCCCCCC)C(=O)O. The fourth-order valence-corrected chi connectivity index (χ4v) is 6.34. The summed E-state index contributed by atoms with van der Waals surface area (Å²) in [6.07, 6.45) is 47.3. The second kappa shape index (κ2) is 41.6. The highest BCUT2D eigenvalue weighted by Gasteiger charge is 2.03. The quantitative estimate of drug-likeness (QED) is 0.0504. The van der Waals surface area contributed by atoms with Crippen LogP contribution in [0.2, 0.25) is 0 Å². The molecule has 0 bridgehead atoms. The van der Waals surface area contributed by atoms with E-state index in [1.54, 1.807) is 0 Å². The van der Waals surface area contributed by atoms with Crippen LogP contribution in [0.4, 0.5) is 0 Å². The molecule has 0 saturated heterocycles. The second-order valence-corrected chi connectivity index (χ2v) is 14.6. The van der Waals surface area contributed by atoms with Crippen LogP contribution in [0.1, 0.15) is 245 Å². The summed E-state index contributed by atoms with van der Waals surface area (Å²) in [6.45, 7) is 11.7. The lowest BCUT2D eigenvalue weighted by atomic mass is 10.0. The third-order valence-electron chi connectivity index (χ3n) is 9.77. The number of aliphatic carboxylic acids is 2. The fourth-order valence-electron chi connectivity index (χ4n) is 6.34. The smallest absolute Gasteiger partial charge is 0.330 e. The van der Waals surface area contributed by atoms with Crippen LogP contribution in [0.25, 0.3) is 0 Å². The third kappa shape index (κ3) is 42.4. The molecule has 0 amide bonds. The van der Waals surface area contributed by atoms with Crippen LogP contribution in [-0.4, -0.2) is 22.2 Å². The summed E-state index contributed by atoms with van der Waals surface area (Å²) in [5.41, 5.74) is 0.715. The van der Waals surface area contributed by atoms with E-state index in [4.69, 9.17) is 10.2 Å². The van der Waals surface area contributed by atoms with Crippen molar-refractivity contribution in [3.63, 3.8) is 0 Å². The minimum absolute atomic E-state index is 0.357. The molecule has 0 fully saturated rings. The van der Waals surface area contributed by atoms with E-state index in [0.717, 1.165) is 25.7 Å². The van der Waals surface area contributed by atoms with Crippen LogP contribution in [-0.2, 0) is 9.59 Å². The Kier molecular flexibility index (Phi) is 42.1. The molecule has 0 unspecified atom stereocenters. The van der Waals surface area contributed by atoms with Gasteiger partial charge in [0.05, 0.1) is 0 Å². The maximum absolute atomic E-state index is 10.6. The first-order valence-electron chi connectivity index (χ1n) is 21.2. The number of carboxylic acids is 2. The number of hydrogen-bond donors (Lipinski definition) is 2. The van der Waals surface area contributed by atoms with Gasteiger partial charge in [-0.05, 0) is 25.7 Å². The Hall–Kier alpha value is -1.58. The lowest BCUT2D eigenvalue weighted by Crippen LogP contribution is -1.98. The number of unbranched alkanes of at least 4 members (excludes halogenated alkanes) is 32. The molecule has 0 heterocycles. The summed E-state index contributed by atoms with van der Waals surface area (Å²) in [6, 6.07) is 0. The molecule has 0 aromatic rings. The molecular formula is C44H84O4. The molecule has 0 rings (SSSR count). The highest BCUT2D eigenvalue weighted by molar-refractivity contribution is 5.85. The van der Waals surface area contributed by atoms with Crippen molar-refractivity contribution < 1.29 is 19.8 Å². The summed E-state index contributed by atoms with van der Waals surface area (Å²) >= 11 is 0. The van der Waals surface area contributed by atoms with Gasteiger partial charge in [0.15, 0.2) is 0 Å². The molecule has 0 atom stereocenters. The van der Waals surface area contributed by atoms with Crippen molar-refractivity contribution in [3.8, 4) is 0 Å². The van der Waals surface area contributed by atoms with E-state index in [9.17, 15) is 9.59 Å². The van der Waals surface area contributed by atoms with Gasteiger partial charge in [0, 0.05) is 11.1 Å². The summed E-state index contributed by atoms with van der Waals surface area (Å²) in [7, 11) is 0. The largest absolute Gasteiger partial charge is 0.478 e. The molecule has 0 aromatic carbocycles. The van der Waals surface area contributed by atoms with Gasteiger partial charge in [-0.2, -0.15) is 0 Å². The van der Waals surface area contributed by atoms with E-state index in [-0.39, 0.29) is 0 Å². The van der Waals surface area contributed by atoms with Gasteiger partial charge in [0.25, 0.3) is 0 Å². The van der Waals surface area contributed by atoms with Gasteiger partial charge >= 0.3 is 11.9 Å². The van der Waals surface area contributed by atoms with Gasteiger partial charge in [-0.25, -0.2) is 9.59 Å². The van der Waals surface area contributed by atoms with E-state index in [0.29, 0.717) is 24.0 Å².